The van der Waals surface area contributed by atoms with Crippen molar-refractivity contribution < 1.29 is 19.0 Å². The van der Waals surface area contributed by atoms with Crippen LogP contribution in [0.15, 0.2) is 71.2 Å². The molecule has 0 aliphatic carbocycles. The zero-order valence-electron chi connectivity index (χ0n) is 17.1. The van der Waals surface area contributed by atoms with Crippen molar-refractivity contribution in [3.8, 4) is 17.2 Å². The van der Waals surface area contributed by atoms with Crippen LogP contribution in [0.1, 0.15) is 28.4 Å². The van der Waals surface area contributed by atoms with Gasteiger partial charge in [0.25, 0.3) is 0 Å². The van der Waals surface area contributed by atoms with Crippen molar-refractivity contribution in [3.63, 3.8) is 0 Å². The lowest BCUT2D eigenvalue weighted by Crippen LogP contribution is -2.16. The summed E-state index contributed by atoms with van der Waals surface area (Å²) in [6, 6.07) is 20.4. The minimum Gasteiger partial charge on any atom is -0.497 e. The number of benzene rings is 3. The van der Waals surface area contributed by atoms with Gasteiger partial charge in [0.05, 0.1) is 27.4 Å². The Bertz CT molecular complexity index is 987. The number of hydrogen-bond donors (Lipinski definition) is 1. The first-order chi connectivity index (χ1) is 14.5. The van der Waals surface area contributed by atoms with Crippen LogP contribution in [0, 0.1) is 0 Å². The van der Waals surface area contributed by atoms with E-state index in [0.717, 1.165) is 21.5 Å². The Labute approximate surface area is 185 Å². The molecule has 5 nitrogen and oxygen atoms in total. The summed E-state index contributed by atoms with van der Waals surface area (Å²) in [6.45, 7) is 0. The van der Waals surface area contributed by atoms with Crippen LogP contribution in [0.5, 0.6) is 17.2 Å². The minimum atomic E-state index is -0.255. The van der Waals surface area contributed by atoms with Crippen molar-refractivity contribution in [2.24, 2.45) is 0 Å². The third-order valence-corrected chi connectivity index (χ3v) is 5.33. The molecule has 0 saturated carbocycles. The van der Waals surface area contributed by atoms with Gasteiger partial charge in [0.2, 0.25) is 0 Å². The summed E-state index contributed by atoms with van der Waals surface area (Å²) < 4.78 is 17.0. The topological polar surface area (TPSA) is 56.8 Å². The van der Waals surface area contributed by atoms with Crippen LogP contribution in [-0.4, -0.2) is 27.1 Å². The van der Waals surface area contributed by atoms with Crippen molar-refractivity contribution in [2.75, 3.05) is 26.6 Å². The molecule has 3 aromatic carbocycles. The Kier molecular flexibility index (Phi) is 7.36. The second-order valence-electron chi connectivity index (χ2n) is 6.67. The van der Waals surface area contributed by atoms with Gasteiger partial charge < -0.3 is 19.5 Å². The molecule has 0 amide bonds. The molecule has 1 unspecified atom stereocenters. The summed E-state index contributed by atoms with van der Waals surface area (Å²) in [5.74, 6) is 2.08. The minimum absolute atomic E-state index is 0.0447. The molecule has 0 bridgehead atoms. The van der Waals surface area contributed by atoms with Crippen LogP contribution in [-0.2, 0) is 0 Å². The first-order valence-corrected chi connectivity index (χ1v) is 10.2. The summed E-state index contributed by atoms with van der Waals surface area (Å²) >= 11 is 3.41. The molecule has 0 aliphatic rings. The van der Waals surface area contributed by atoms with Crippen LogP contribution in [0.2, 0.25) is 0 Å². The highest BCUT2D eigenvalue weighted by Gasteiger charge is 2.19. The molecule has 6 heteroatoms. The Morgan fingerprint density at radius 1 is 0.867 bits per heavy atom. The molecule has 156 valence electrons. The molecule has 0 spiro atoms. The van der Waals surface area contributed by atoms with E-state index in [2.05, 4.69) is 21.2 Å². The average molecular weight is 470 g/mol. The molecule has 0 fully saturated rings. The van der Waals surface area contributed by atoms with E-state index in [4.69, 9.17) is 14.2 Å². The Balaban J connectivity index is 1.90. The molecule has 0 radical (unpaired) electrons. The van der Waals surface area contributed by atoms with Gasteiger partial charge >= 0.3 is 0 Å². The molecule has 0 aromatic heterocycles. The largest absolute Gasteiger partial charge is 0.497 e. The van der Waals surface area contributed by atoms with Gasteiger partial charge in [-0.2, -0.15) is 0 Å². The molecule has 3 rings (SSSR count). The number of halogens is 1. The molecule has 1 atom stereocenters. The van der Waals surface area contributed by atoms with E-state index in [9.17, 15) is 4.79 Å². The number of anilines is 1. The third-order valence-electron chi connectivity index (χ3n) is 4.80. The monoisotopic (exact) mass is 469 g/mol. The number of hydrogen-bond acceptors (Lipinski definition) is 5. The fourth-order valence-electron chi connectivity index (χ4n) is 3.15. The lowest BCUT2D eigenvalue weighted by molar-refractivity contribution is 0.0976. The van der Waals surface area contributed by atoms with Gasteiger partial charge in [-0.25, -0.2) is 0 Å². The number of ether oxygens (including phenoxy) is 3. The van der Waals surface area contributed by atoms with Gasteiger partial charge in [0.15, 0.2) is 17.3 Å². The second kappa shape index (κ2) is 10.2. The molecular formula is C24H24BrNO4. The van der Waals surface area contributed by atoms with Gasteiger partial charge in [-0.3, -0.25) is 4.79 Å². The van der Waals surface area contributed by atoms with E-state index in [-0.39, 0.29) is 18.2 Å². The highest BCUT2D eigenvalue weighted by molar-refractivity contribution is 9.10. The lowest BCUT2D eigenvalue weighted by Gasteiger charge is -2.21. The maximum Gasteiger partial charge on any atom is 0.165 e. The first-order valence-electron chi connectivity index (χ1n) is 9.45. The van der Waals surface area contributed by atoms with Crippen molar-refractivity contribution in [3.05, 3.63) is 82.3 Å². The van der Waals surface area contributed by atoms with Gasteiger partial charge in [-0.05, 0) is 54.1 Å². The van der Waals surface area contributed by atoms with Crippen LogP contribution in [0.25, 0.3) is 0 Å². The molecule has 0 heterocycles. The Morgan fingerprint density at radius 2 is 1.53 bits per heavy atom. The van der Waals surface area contributed by atoms with Crippen LogP contribution >= 0.6 is 15.9 Å². The molecule has 1 N–H and O–H groups in total. The van der Waals surface area contributed by atoms with E-state index < -0.39 is 0 Å². The molecule has 0 aliphatic heterocycles. The fraction of sp³-hybridized carbons (Fsp3) is 0.208. The normalized spacial score (nSPS) is 11.5. The molecule has 3 aromatic rings. The van der Waals surface area contributed by atoms with Crippen LogP contribution in [0.3, 0.4) is 0 Å². The SMILES string of the molecule is COc1ccc(NC(CC(=O)c2ccc(Br)cc2)c2ccc(OC)c(OC)c2)cc1. The zero-order chi connectivity index (χ0) is 21.5. The number of rotatable bonds is 9. The maximum atomic E-state index is 13.0. The summed E-state index contributed by atoms with van der Waals surface area (Å²) in [4.78, 5) is 13.0. The predicted octanol–water partition coefficient (Wildman–Crippen LogP) is 5.90. The number of ketones is 1. The smallest absolute Gasteiger partial charge is 0.165 e. The second-order valence-corrected chi connectivity index (χ2v) is 7.59. The average Bonchev–Trinajstić information content (AvgIpc) is 2.79. The summed E-state index contributed by atoms with van der Waals surface area (Å²) in [5.41, 5.74) is 2.48. The number of carbonyl (C=O) groups is 1. The van der Waals surface area contributed by atoms with E-state index in [1.54, 1.807) is 21.3 Å². The van der Waals surface area contributed by atoms with Crippen molar-refractivity contribution in [2.45, 2.75) is 12.5 Å². The predicted molar refractivity (Wildman–Crippen MR) is 122 cm³/mol. The van der Waals surface area contributed by atoms with Crippen molar-refractivity contribution >= 4 is 27.4 Å². The summed E-state index contributed by atoms with van der Waals surface area (Å²) in [7, 11) is 4.83. The molecular weight excluding hydrogens is 446 g/mol. The van der Waals surface area contributed by atoms with E-state index in [1.165, 1.54) is 0 Å². The Morgan fingerprint density at radius 3 is 2.13 bits per heavy atom. The van der Waals surface area contributed by atoms with E-state index >= 15 is 0 Å². The number of carbonyl (C=O) groups excluding carboxylic acids is 1. The summed E-state index contributed by atoms with van der Waals surface area (Å²) in [5, 5.41) is 3.47. The van der Waals surface area contributed by atoms with Gasteiger partial charge in [0.1, 0.15) is 5.75 Å². The summed E-state index contributed by atoms with van der Waals surface area (Å²) in [6.07, 6.45) is 0.281. The van der Waals surface area contributed by atoms with Crippen molar-refractivity contribution in [1.82, 2.24) is 0 Å². The van der Waals surface area contributed by atoms with Crippen molar-refractivity contribution in [1.29, 1.82) is 0 Å². The lowest BCUT2D eigenvalue weighted by atomic mass is 9.97. The molecule has 30 heavy (non-hydrogen) atoms. The Hall–Kier alpha value is -2.99. The fourth-order valence-corrected chi connectivity index (χ4v) is 3.41. The molecule has 0 saturated heterocycles. The first kappa shape index (κ1) is 21.7. The van der Waals surface area contributed by atoms with Crippen LogP contribution < -0.4 is 19.5 Å². The zero-order valence-corrected chi connectivity index (χ0v) is 18.7. The number of methoxy groups -OCH3 is 3. The number of Topliss-reactive ketones (excluding diaryl/α,β-unsaturated/α-hetero) is 1. The highest BCUT2D eigenvalue weighted by atomic mass is 79.9. The quantitative estimate of drug-likeness (QED) is 0.395. The number of nitrogens with one attached hydrogen (secondary N) is 1. The maximum absolute atomic E-state index is 13.0. The van der Waals surface area contributed by atoms with E-state index in [1.807, 2.05) is 66.7 Å². The van der Waals surface area contributed by atoms with Crippen LogP contribution in [0.4, 0.5) is 5.69 Å². The van der Waals surface area contributed by atoms with Gasteiger partial charge in [-0.15, -0.1) is 0 Å². The standard InChI is InChI=1S/C24H24BrNO4/c1-28-20-11-9-19(10-12-20)26-21(15-22(27)16-4-7-18(25)8-5-16)17-6-13-23(29-2)24(14-17)30-3/h4-14,21,26H,15H2,1-3H3. The van der Waals surface area contributed by atoms with E-state index in [0.29, 0.717) is 17.1 Å². The third kappa shape index (κ3) is 5.33. The highest BCUT2D eigenvalue weighted by Crippen LogP contribution is 2.33. The van der Waals surface area contributed by atoms with Gasteiger partial charge in [-0.1, -0.05) is 34.1 Å². The van der Waals surface area contributed by atoms with Gasteiger partial charge in [0, 0.05) is 22.1 Å².